The van der Waals surface area contributed by atoms with Crippen molar-refractivity contribution in [1.82, 2.24) is 0 Å². The zero-order chi connectivity index (χ0) is 17.5. The van der Waals surface area contributed by atoms with Gasteiger partial charge in [0.05, 0.1) is 25.2 Å². The molecule has 0 atom stereocenters. The SMILES string of the molecule is COc1ccc(CC(=O)Nc2cccc(C(=O)OC(C)C)c2)cc1. The van der Waals surface area contributed by atoms with Gasteiger partial charge in [-0.3, -0.25) is 4.79 Å². The van der Waals surface area contributed by atoms with Crippen molar-refractivity contribution < 1.29 is 19.1 Å². The molecule has 2 aromatic carbocycles. The molecule has 0 radical (unpaired) electrons. The van der Waals surface area contributed by atoms with Crippen molar-refractivity contribution in [3.05, 3.63) is 59.7 Å². The van der Waals surface area contributed by atoms with Crippen molar-refractivity contribution in [2.45, 2.75) is 26.4 Å². The van der Waals surface area contributed by atoms with E-state index in [1.54, 1.807) is 45.2 Å². The van der Waals surface area contributed by atoms with Crippen LogP contribution in [0.3, 0.4) is 0 Å². The summed E-state index contributed by atoms with van der Waals surface area (Å²) in [7, 11) is 1.60. The minimum Gasteiger partial charge on any atom is -0.497 e. The predicted octanol–water partition coefficient (Wildman–Crippen LogP) is 3.44. The van der Waals surface area contributed by atoms with Crippen LogP contribution < -0.4 is 10.1 Å². The highest BCUT2D eigenvalue weighted by molar-refractivity contribution is 5.95. The van der Waals surface area contributed by atoms with Gasteiger partial charge in [-0.05, 0) is 49.7 Å². The molecule has 5 heteroatoms. The highest BCUT2D eigenvalue weighted by Gasteiger charge is 2.11. The third-order valence-electron chi connectivity index (χ3n) is 3.25. The molecule has 0 saturated heterocycles. The van der Waals surface area contributed by atoms with Crippen LogP contribution in [0.5, 0.6) is 5.75 Å². The Morgan fingerprint density at radius 3 is 2.42 bits per heavy atom. The molecule has 0 aliphatic rings. The summed E-state index contributed by atoms with van der Waals surface area (Å²) >= 11 is 0. The molecule has 0 spiro atoms. The number of esters is 1. The molecule has 0 aromatic heterocycles. The molecule has 2 aromatic rings. The highest BCUT2D eigenvalue weighted by Crippen LogP contribution is 2.15. The summed E-state index contributed by atoms with van der Waals surface area (Å²) in [6.45, 7) is 3.58. The van der Waals surface area contributed by atoms with Gasteiger partial charge in [0.25, 0.3) is 0 Å². The number of hydrogen-bond acceptors (Lipinski definition) is 4. The molecule has 1 amide bonds. The Morgan fingerprint density at radius 1 is 1.08 bits per heavy atom. The second-order valence-corrected chi connectivity index (χ2v) is 5.61. The van der Waals surface area contributed by atoms with Crippen LogP contribution in [-0.4, -0.2) is 25.1 Å². The molecule has 24 heavy (non-hydrogen) atoms. The van der Waals surface area contributed by atoms with E-state index in [9.17, 15) is 9.59 Å². The summed E-state index contributed by atoms with van der Waals surface area (Å²) in [5, 5.41) is 2.79. The summed E-state index contributed by atoms with van der Waals surface area (Å²) in [5.74, 6) is 0.182. The molecule has 0 bridgehead atoms. The lowest BCUT2D eigenvalue weighted by molar-refractivity contribution is -0.115. The van der Waals surface area contributed by atoms with Crippen molar-refractivity contribution in [3.8, 4) is 5.75 Å². The lowest BCUT2D eigenvalue weighted by Crippen LogP contribution is -2.15. The summed E-state index contributed by atoms with van der Waals surface area (Å²) < 4.78 is 10.2. The fourth-order valence-electron chi connectivity index (χ4n) is 2.14. The molecule has 5 nitrogen and oxygen atoms in total. The van der Waals surface area contributed by atoms with Crippen LogP contribution in [0.1, 0.15) is 29.8 Å². The average Bonchev–Trinajstić information content (AvgIpc) is 2.55. The van der Waals surface area contributed by atoms with E-state index in [4.69, 9.17) is 9.47 Å². The second kappa shape index (κ2) is 8.15. The Kier molecular flexibility index (Phi) is 5.95. The van der Waals surface area contributed by atoms with Crippen LogP contribution in [-0.2, 0) is 16.0 Å². The summed E-state index contributed by atoms with van der Waals surface area (Å²) in [6, 6.07) is 14.0. The summed E-state index contributed by atoms with van der Waals surface area (Å²) in [6.07, 6.45) is 0.0517. The quantitative estimate of drug-likeness (QED) is 0.826. The van der Waals surface area contributed by atoms with Gasteiger partial charge in [-0.2, -0.15) is 0 Å². The van der Waals surface area contributed by atoms with Gasteiger partial charge in [0.1, 0.15) is 5.75 Å². The minimum atomic E-state index is -0.406. The van der Waals surface area contributed by atoms with Gasteiger partial charge in [0, 0.05) is 5.69 Å². The molecule has 1 N–H and O–H groups in total. The van der Waals surface area contributed by atoms with E-state index in [2.05, 4.69) is 5.32 Å². The third kappa shape index (κ3) is 5.12. The van der Waals surface area contributed by atoms with E-state index in [0.717, 1.165) is 11.3 Å². The monoisotopic (exact) mass is 327 g/mol. The molecule has 2 rings (SSSR count). The van der Waals surface area contributed by atoms with Gasteiger partial charge in [-0.15, -0.1) is 0 Å². The Morgan fingerprint density at radius 2 is 1.79 bits per heavy atom. The number of carbonyl (C=O) groups excluding carboxylic acids is 2. The van der Waals surface area contributed by atoms with E-state index in [1.165, 1.54) is 0 Å². The highest BCUT2D eigenvalue weighted by atomic mass is 16.5. The van der Waals surface area contributed by atoms with Crippen molar-refractivity contribution in [2.75, 3.05) is 12.4 Å². The molecule has 0 heterocycles. The molecular formula is C19H21NO4. The first kappa shape index (κ1) is 17.5. The fourth-order valence-corrected chi connectivity index (χ4v) is 2.14. The smallest absolute Gasteiger partial charge is 0.338 e. The summed E-state index contributed by atoms with van der Waals surface area (Å²) in [4.78, 5) is 24.0. The zero-order valence-corrected chi connectivity index (χ0v) is 14.0. The van der Waals surface area contributed by atoms with Gasteiger partial charge < -0.3 is 14.8 Å². The number of rotatable bonds is 6. The van der Waals surface area contributed by atoms with E-state index in [-0.39, 0.29) is 18.4 Å². The van der Waals surface area contributed by atoms with Crippen LogP contribution in [0, 0.1) is 0 Å². The largest absolute Gasteiger partial charge is 0.497 e. The minimum absolute atomic E-state index is 0.158. The van der Waals surface area contributed by atoms with Crippen LogP contribution in [0.2, 0.25) is 0 Å². The van der Waals surface area contributed by atoms with Crippen molar-refractivity contribution >= 4 is 17.6 Å². The van der Waals surface area contributed by atoms with Crippen LogP contribution in [0.4, 0.5) is 5.69 Å². The Labute approximate surface area is 141 Å². The molecule has 0 fully saturated rings. The zero-order valence-electron chi connectivity index (χ0n) is 14.0. The number of benzene rings is 2. The van der Waals surface area contributed by atoms with Crippen LogP contribution in [0.15, 0.2) is 48.5 Å². The maximum atomic E-state index is 12.1. The lowest BCUT2D eigenvalue weighted by atomic mass is 10.1. The van der Waals surface area contributed by atoms with Gasteiger partial charge in [-0.1, -0.05) is 18.2 Å². The van der Waals surface area contributed by atoms with E-state index < -0.39 is 5.97 Å². The maximum absolute atomic E-state index is 12.1. The number of anilines is 1. The van der Waals surface area contributed by atoms with Gasteiger partial charge in [0.15, 0.2) is 0 Å². The predicted molar refractivity (Wildman–Crippen MR) is 92.3 cm³/mol. The van der Waals surface area contributed by atoms with Crippen LogP contribution >= 0.6 is 0 Å². The number of methoxy groups -OCH3 is 1. The van der Waals surface area contributed by atoms with Crippen molar-refractivity contribution in [2.24, 2.45) is 0 Å². The molecule has 0 aliphatic carbocycles. The van der Waals surface area contributed by atoms with Crippen molar-refractivity contribution in [1.29, 1.82) is 0 Å². The number of nitrogens with one attached hydrogen (secondary N) is 1. The molecule has 0 aliphatic heterocycles. The molecule has 0 unspecified atom stereocenters. The lowest BCUT2D eigenvalue weighted by Gasteiger charge is -2.10. The number of amides is 1. The Balaban J connectivity index is 1.99. The Hall–Kier alpha value is -2.82. The number of carbonyl (C=O) groups is 2. The number of hydrogen-bond donors (Lipinski definition) is 1. The van der Waals surface area contributed by atoms with Gasteiger partial charge in [-0.25, -0.2) is 4.79 Å². The summed E-state index contributed by atoms with van der Waals surface area (Å²) in [5.41, 5.74) is 1.85. The van der Waals surface area contributed by atoms with Gasteiger partial charge in [0.2, 0.25) is 5.91 Å². The average molecular weight is 327 g/mol. The van der Waals surface area contributed by atoms with Gasteiger partial charge >= 0.3 is 5.97 Å². The maximum Gasteiger partial charge on any atom is 0.338 e. The first-order chi connectivity index (χ1) is 11.5. The molecule has 126 valence electrons. The second-order valence-electron chi connectivity index (χ2n) is 5.61. The fraction of sp³-hybridized carbons (Fsp3) is 0.263. The standard InChI is InChI=1S/C19H21NO4/c1-13(2)24-19(22)15-5-4-6-16(12-15)20-18(21)11-14-7-9-17(23-3)10-8-14/h4-10,12-13H,11H2,1-3H3,(H,20,21). The topological polar surface area (TPSA) is 64.6 Å². The van der Waals surface area contributed by atoms with E-state index in [1.807, 2.05) is 24.3 Å². The first-order valence-electron chi connectivity index (χ1n) is 7.71. The van der Waals surface area contributed by atoms with Crippen molar-refractivity contribution in [3.63, 3.8) is 0 Å². The number of ether oxygens (including phenoxy) is 2. The Bertz CT molecular complexity index is 708. The molecule has 0 saturated carbocycles. The van der Waals surface area contributed by atoms with E-state index in [0.29, 0.717) is 11.3 Å². The van der Waals surface area contributed by atoms with E-state index >= 15 is 0 Å². The first-order valence-corrected chi connectivity index (χ1v) is 7.71. The third-order valence-corrected chi connectivity index (χ3v) is 3.25. The molecular weight excluding hydrogens is 306 g/mol. The normalized spacial score (nSPS) is 10.3. The van der Waals surface area contributed by atoms with Crippen LogP contribution in [0.25, 0.3) is 0 Å².